The first-order valence-corrected chi connectivity index (χ1v) is 5.97. The highest BCUT2D eigenvalue weighted by Crippen LogP contribution is 2.41. The Labute approximate surface area is 103 Å². The van der Waals surface area contributed by atoms with E-state index in [1.807, 2.05) is 39.8 Å². The molecule has 1 aromatic rings. The molecule has 2 N–H and O–H groups in total. The Morgan fingerprint density at radius 1 is 1.18 bits per heavy atom. The van der Waals surface area contributed by atoms with Gasteiger partial charge in [-0.15, -0.1) is 0 Å². The van der Waals surface area contributed by atoms with Gasteiger partial charge < -0.3 is 15.2 Å². The van der Waals surface area contributed by atoms with Crippen molar-refractivity contribution >= 4 is 0 Å². The average molecular weight is 235 g/mol. The molecule has 3 heteroatoms. The van der Waals surface area contributed by atoms with E-state index in [4.69, 9.17) is 15.2 Å². The topological polar surface area (TPSA) is 44.5 Å². The molecule has 1 heterocycles. The zero-order chi connectivity index (χ0) is 12.8. The Kier molecular flexibility index (Phi) is 2.62. The maximum absolute atomic E-state index is 6.06. The van der Waals surface area contributed by atoms with E-state index < -0.39 is 5.79 Å². The van der Waals surface area contributed by atoms with Gasteiger partial charge in [0, 0.05) is 19.4 Å². The van der Waals surface area contributed by atoms with Gasteiger partial charge in [-0.05, 0) is 50.5 Å². The van der Waals surface area contributed by atoms with E-state index in [1.165, 1.54) is 11.1 Å². The van der Waals surface area contributed by atoms with Crippen LogP contribution in [0.1, 0.15) is 38.8 Å². The third-order valence-electron chi connectivity index (χ3n) is 2.76. The van der Waals surface area contributed by atoms with E-state index in [2.05, 4.69) is 6.92 Å². The van der Waals surface area contributed by atoms with Crippen LogP contribution in [0.2, 0.25) is 0 Å². The van der Waals surface area contributed by atoms with E-state index in [1.54, 1.807) is 0 Å². The van der Waals surface area contributed by atoms with Crippen molar-refractivity contribution in [2.45, 2.75) is 52.4 Å². The predicted octanol–water partition coefficient (Wildman–Crippen LogP) is 2.78. The minimum Gasteiger partial charge on any atom is -0.449 e. The summed E-state index contributed by atoms with van der Waals surface area (Å²) in [5.74, 6) is 1.08. The summed E-state index contributed by atoms with van der Waals surface area (Å²) in [5, 5.41) is 0. The normalized spacial score (nSPS) is 17.3. The fraction of sp³-hybridized carbons (Fsp3) is 0.571. The van der Waals surface area contributed by atoms with E-state index >= 15 is 0 Å². The molecule has 94 valence electrons. The van der Waals surface area contributed by atoms with Crippen molar-refractivity contribution in [3.63, 3.8) is 0 Å². The number of rotatable bonds is 2. The second-order valence-corrected chi connectivity index (χ2v) is 5.99. The molecule has 0 radical (unpaired) electrons. The van der Waals surface area contributed by atoms with Gasteiger partial charge in [-0.2, -0.15) is 0 Å². The minimum atomic E-state index is -0.564. The molecule has 1 aliphatic rings. The van der Waals surface area contributed by atoms with E-state index in [9.17, 15) is 0 Å². The van der Waals surface area contributed by atoms with Gasteiger partial charge >= 0.3 is 0 Å². The third kappa shape index (κ3) is 2.72. The van der Waals surface area contributed by atoms with Crippen molar-refractivity contribution < 1.29 is 9.47 Å². The SMILES string of the molecule is Cc1cc2c(cc1CC(C)(C)N)OC(C)(C)O2. The summed E-state index contributed by atoms with van der Waals surface area (Å²) >= 11 is 0. The quantitative estimate of drug-likeness (QED) is 0.857. The highest BCUT2D eigenvalue weighted by Gasteiger charge is 2.32. The molecule has 0 atom stereocenters. The van der Waals surface area contributed by atoms with Gasteiger partial charge in [0.1, 0.15) is 0 Å². The van der Waals surface area contributed by atoms with Gasteiger partial charge in [0.2, 0.25) is 5.79 Å². The molecule has 0 unspecified atom stereocenters. The van der Waals surface area contributed by atoms with Crippen LogP contribution < -0.4 is 15.2 Å². The molecule has 0 saturated carbocycles. The highest BCUT2D eigenvalue weighted by atomic mass is 16.7. The molecule has 0 fully saturated rings. The number of hydrogen-bond acceptors (Lipinski definition) is 3. The lowest BCUT2D eigenvalue weighted by Crippen LogP contribution is -2.34. The van der Waals surface area contributed by atoms with Crippen LogP contribution in [0.25, 0.3) is 0 Å². The van der Waals surface area contributed by atoms with Gasteiger partial charge in [0.25, 0.3) is 0 Å². The maximum atomic E-state index is 6.06. The summed E-state index contributed by atoms with van der Waals surface area (Å²) in [6.45, 7) is 9.96. The summed E-state index contributed by atoms with van der Waals surface area (Å²) in [5.41, 5.74) is 8.27. The van der Waals surface area contributed by atoms with Gasteiger partial charge in [-0.1, -0.05) is 0 Å². The summed E-state index contributed by atoms with van der Waals surface area (Å²) in [6, 6.07) is 4.08. The smallest absolute Gasteiger partial charge is 0.246 e. The Balaban J connectivity index is 2.34. The zero-order valence-corrected chi connectivity index (χ0v) is 11.3. The maximum Gasteiger partial charge on any atom is 0.246 e. The van der Waals surface area contributed by atoms with Crippen LogP contribution in [-0.2, 0) is 6.42 Å². The fourth-order valence-corrected chi connectivity index (χ4v) is 2.09. The van der Waals surface area contributed by atoms with Crippen molar-refractivity contribution in [2.75, 3.05) is 0 Å². The lowest BCUT2D eigenvalue weighted by molar-refractivity contribution is -0.0431. The molecular formula is C14H21NO2. The molecule has 0 amide bonds. The zero-order valence-electron chi connectivity index (χ0n) is 11.3. The van der Waals surface area contributed by atoms with Crippen LogP contribution in [0.4, 0.5) is 0 Å². The van der Waals surface area contributed by atoms with Crippen LogP contribution >= 0.6 is 0 Å². The molecule has 1 aliphatic heterocycles. The number of nitrogens with two attached hydrogens (primary N) is 1. The van der Waals surface area contributed by atoms with E-state index in [0.29, 0.717) is 0 Å². The lowest BCUT2D eigenvalue weighted by Gasteiger charge is -2.20. The summed E-state index contributed by atoms with van der Waals surface area (Å²) in [7, 11) is 0. The van der Waals surface area contributed by atoms with Crippen molar-refractivity contribution in [1.29, 1.82) is 0 Å². The molecule has 17 heavy (non-hydrogen) atoms. The Hall–Kier alpha value is -1.22. The van der Waals surface area contributed by atoms with Crippen molar-refractivity contribution in [1.82, 2.24) is 0 Å². The Morgan fingerprint density at radius 3 is 2.24 bits per heavy atom. The standard InChI is InChI=1S/C14H21NO2/c1-9-6-11-12(17-14(4,5)16-11)7-10(9)8-13(2,3)15/h6-7H,8,15H2,1-5H3. The molecule has 2 rings (SSSR count). The largest absolute Gasteiger partial charge is 0.449 e. The van der Waals surface area contributed by atoms with Gasteiger partial charge in [0.05, 0.1) is 0 Å². The van der Waals surface area contributed by atoms with Crippen LogP contribution in [-0.4, -0.2) is 11.3 Å². The monoisotopic (exact) mass is 235 g/mol. The molecule has 0 bridgehead atoms. The van der Waals surface area contributed by atoms with Gasteiger partial charge in [-0.3, -0.25) is 0 Å². The molecule has 0 aliphatic carbocycles. The molecule has 1 aromatic carbocycles. The van der Waals surface area contributed by atoms with E-state index in [-0.39, 0.29) is 5.54 Å². The van der Waals surface area contributed by atoms with Gasteiger partial charge in [-0.25, -0.2) is 0 Å². The van der Waals surface area contributed by atoms with Crippen molar-refractivity contribution in [3.05, 3.63) is 23.3 Å². The lowest BCUT2D eigenvalue weighted by atomic mass is 9.93. The molecule has 0 aromatic heterocycles. The fourth-order valence-electron chi connectivity index (χ4n) is 2.09. The van der Waals surface area contributed by atoms with Crippen molar-refractivity contribution in [3.8, 4) is 11.5 Å². The average Bonchev–Trinajstić information content (AvgIpc) is 2.36. The first-order chi connectivity index (χ1) is 7.66. The summed E-state index contributed by atoms with van der Waals surface area (Å²) in [4.78, 5) is 0. The first kappa shape index (κ1) is 12.2. The number of aryl methyl sites for hydroxylation is 1. The predicted molar refractivity (Wildman–Crippen MR) is 68.5 cm³/mol. The second-order valence-electron chi connectivity index (χ2n) is 5.99. The third-order valence-corrected chi connectivity index (χ3v) is 2.76. The summed E-state index contributed by atoms with van der Waals surface area (Å²) < 4.78 is 11.4. The Morgan fingerprint density at radius 2 is 1.71 bits per heavy atom. The molecule has 0 saturated heterocycles. The Bertz CT molecular complexity index is 444. The van der Waals surface area contributed by atoms with Crippen LogP contribution in [0, 0.1) is 6.92 Å². The van der Waals surface area contributed by atoms with Crippen LogP contribution in [0.15, 0.2) is 12.1 Å². The number of fused-ring (bicyclic) bond motifs is 1. The van der Waals surface area contributed by atoms with Gasteiger partial charge in [0.15, 0.2) is 11.5 Å². The number of ether oxygens (including phenoxy) is 2. The molecule has 0 spiro atoms. The first-order valence-electron chi connectivity index (χ1n) is 5.97. The second kappa shape index (κ2) is 3.64. The van der Waals surface area contributed by atoms with Crippen LogP contribution in [0.3, 0.4) is 0 Å². The van der Waals surface area contributed by atoms with Crippen molar-refractivity contribution in [2.24, 2.45) is 5.73 Å². The number of hydrogen-bond donors (Lipinski definition) is 1. The van der Waals surface area contributed by atoms with Crippen LogP contribution in [0.5, 0.6) is 11.5 Å². The summed E-state index contributed by atoms with van der Waals surface area (Å²) in [6.07, 6.45) is 0.829. The number of benzene rings is 1. The highest BCUT2D eigenvalue weighted by molar-refractivity contribution is 5.49. The molecular weight excluding hydrogens is 214 g/mol. The molecule has 3 nitrogen and oxygen atoms in total. The minimum absolute atomic E-state index is 0.214. The van der Waals surface area contributed by atoms with E-state index in [0.717, 1.165) is 17.9 Å².